The molecule has 2 aromatic rings. The highest BCUT2D eigenvalue weighted by Gasteiger charge is 2.36. The van der Waals surface area contributed by atoms with Crippen molar-refractivity contribution in [1.29, 1.82) is 0 Å². The summed E-state index contributed by atoms with van der Waals surface area (Å²) >= 11 is 1.25. The minimum Gasteiger partial charge on any atom is -0.352 e. The molecule has 26 heavy (non-hydrogen) atoms. The van der Waals surface area contributed by atoms with Gasteiger partial charge in [0.2, 0.25) is 11.8 Å². The van der Waals surface area contributed by atoms with Crippen molar-refractivity contribution in [2.75, 3.05) is 7.05 Å². The first kappa shape index (κ1) is 18.1. The molecule has 1 aliphatic heterocycles. The van der Waals surface area contributed by atoms with Crippen molar-refractivity contribution in [2.24, 2.45) is 4.99 Å². The molecule has 0 spiro atoms. The van der Waals surface area contributed by atoms with Crippen molar-refractivity contribution in [2.45, 2.75) is 18.2 Å². The van der Waals surface area contributed by atoms with E-state index in [0.29, 0.717) is 17.4 Å². The van der Waals surface area contributed by atoms with Crippen LogP contribution in [0.1, 0.15) is 12.0 Å². The molecule has 1 atom stereocenters. The Morgan fingerprint density at radius 2 is 1.88 bits per heavy atom. The van der Waals surface area contributed by atoms with Crippen LogP contribution < -0.4 is 5.32 Å². The lowest BCUT2D eigenvalue weighted by Crippen LogP contribution is -2.32. The van der Waals surface area contributed by atoms with E-state index in [-0.39, 0.29) is 24.1 Å². The van der Waals surface area contributed by atoms with Gasteiger partial charge < -0.3 is 5.32 Å². The van der Waals surface area contributed by atoms with Gasteiger partial charge in [-0.3, -0.25) is 14.5 Å². The summed E-state index contributed by atoms with van der Waals surface area (Å²) in [4.78, 5) is 30.3. The summed E-state index contributed by atoms with van der Waals surface area (Å²) < 4.78 is 13.0. The molecule has 1 heterocycles. The summed E-state index contributed by atoms with van der Waals surface area (Å²) in [5, 5.41) is 2.83. The number of amidine groups is 1. The highest BCUT2D eigenvalue weighted by Crippen LogP contribution is 2.30. The molecule has 0 bridgehead atoms. The molecule has 3 rings (SSSR count). The smallest absolute Gasteiger partial charge is 0.242 e. The van der Waals surface area contributed by atoms with Crippen LogP contribution in [0, 0.1) is 5.82 Å². The van der Waals surface area contributed by atoms with Crippen molar-refractivity contribution in [3.63, 3.8) is 0 Å². The normalized spacial score (nSPS) is 18.4. The van der Waals surface area contributed by atoms with Crippen LogP contribution in [0.2, 0.25) is 0 Å². The van der Waals surface area contributed by atoms with Gasteiger partial charge in [0.25, 0.3) is 0 Å². The summed E-state index contributed by atoms with van der Waals surface area (Å²) in [6, 6.07) is 15.3. The molecular weight excluding hydrogens is 353 g/mol. The van der Waals surface area contributed by atoms with E-state index >= 15 is 0 Å². The predicted molar refractivity (Wildman–Crippen MR) is 101 cm³/mol. The van der Waals surface area contributed by atoms with Crippen molar-refractivity contribution in [1.82, 2.24) is 10.2 Å². The SMILES string of the molecule is CN1C(=O)C(CC(=O)NCc2ccccc2)SC1=Nc1ccc(F)cc1. The molecule has 7 heteroatoms. The van der Waals surface area contributed by atoms with Gasteiger partial charge in [0, 0.05) is 20.0 Å². The zero-order valence-electron chi connectivity index (χ0n) is 14.2. The Labute approximate surface area is 155 Å². The molecule has 0 saturated carbocycles. The molecule has 0 aliphatic carbocycles. The summed E-state index contributed by atoms with van der Waals surface area (Å²) in [5.74, 6) is -0.688. The molecule has 134 valence electrons. The summed E-state index contributed by atoms with van der Waals surface area (Å²) in [5.41, 5.74) is 1.56. The average Bonchev–Trinajstić information content (AvgIpc) is 2.91. The fourth-order valence-corrected chi connectivity index (χ4v) is 3.61. The molecular formula is C19H18FN3O2S. The Bertz CT molecular complexity index is 824. The predicted octanol–water partition coefficient (Wildman–Crippen LogP) is 3.09. The summed E-state index contributed by atoms with van der Waals surface area (Å²) in [6.45, 7) is 0.428. The Hall–Kier alpha value is -2.67. The largest absolute Gasteiger partial charge is 0.352 e. The van der Waals surface area contributed by atoms with E-state index in [9.17, 15) is 14.0 Å². The number of hydrogen-bond donors (Lipinski definition) is 1. The van der Waals surface area contributed by atoms with Crippen molar-refractivity contribution in [3.8, 4) is 0 Å². The van der Waals surface area contributed by atoms with E-state index in [1.54, 1.807) is 19.2 Å². The highest BCUT2D eigenvalue weighted by atomic mass is 32.2. The molecule has 5 nitrogen and oxygen atoms in total. The van der Waals surface area contributed by atoms with Gasteiger partial charge in [-0.05, 0) is 29.8 Å². The molecule has 1 saturated heterocycles. The number of carbonyl (C=O) groups is 2. The molecule has 0 radical (unpaired) electrons. The van der Waals surface area contributed by atoms with Gasteiger partial charge in [-0.15, -0.1) is 0 Å². The van der Waals surface area contributed by atoms with E-state index in [2.05, 4.69) is 10.3 Å². The Morgan fingerprint density at radius 1 is 1.19 bits per heavy atom. The molecule has 1 fully saturated rings. The Morgan fingerprint density at radius 3 is 2.58 bits per heavy atom. The zero-order valence-corrected chi connectivity index (χ0v) is 15.0. The average molecular weight is 371 g/mol. The third kappa shape index (κ3) is 4.49. The number of nitrogens with zero attached hydrogens (tertiary/aromatic N) is 2. The van der Waals surface area contributed by atoms with Gasteiger partial charge >= 0.3 is 0 Å². The maximum Gasteiger partial charge on any atom is 0.242 e. The molecule has 0 aromatic heterocycles. The van der Waals surface area contributed by atoms with Gasteiger partial charge in [0.15, 0.2) is 5.17 Å². The van der Waals surface area contributed by atoms with Gasteiger partial charge in [0.1, 0.15) is 11.1 Å². The van der Waals surface area contributed by atoms with Crippen LogP contribution in [0.5, 0.6) is 0 Å². The highest BCUT2D eigenvalue weighted by molar-refractivity contribution is 8.15. The molecule has 2 amide bonds. The number of thioether (sulfide) groups is 1. The van der Waals surface area contributed by atoms with Gasteiger partial charge in [-0.25, -0.2) is 9.38 Å². The molecule has 1 N–H and O–H groups in total. The number of benzene rings is 2. The topological polar surface area (TPSA) is 61.8 Å². The Balaban J connectivity index is 1.59. The second kappa shape index (κ2) is 8.14. The fourth-order valence-electron chi connectivity index (χ4n) is 2.46. The van der Waals surface area contributed by atoms with Crippen molar-refractivity contribution >= 4 is 34.4 Å². The van der Waals surface area contributed by atoms with Crippen LogP contribution in [0.3, 0.4) is 0 Å². The van der Waals surface area contributed by atoms with Crippen LogP contribution in [-0.2, 0) is 16.1 Å². The van der Waals surface area contributed by atoms with Crippen LogP contribution in [0.15, 0.2) is 59.6 Å². The first-order chi connectivity index (χ1) is 12.5. The zero-order chi connectivity index (χ0) is 18.5. The van der Waals surface area contributed by atoms with E-state index in [0.717, 1.165) is 5.56 Å². The number of amides is 2. The van der Waals surface area contributed by atoms with Gasteiger partial charge in [-0.1, -0.05) is 42.1 Å². The Kier molecular flexibility index (Phi) is 5.68. The van der Waals surface area contributed by atoms with Crippen molar-refractivity contribution < 1.29 is 14.0 Å². The van der Waals surface area contributed by atoms with E-state index in [4.69, 9.17) is 0 Å². The van der Waals surface area contributed by atoms with Crippen LogP contribution >= 0.6 is 11.8 Å². The van der Waals surface area contributed by atoms with Gasteiger partial charge in [0.05, 0.1) is 5.69 Å². The fraction of sp³-hybridized carbons (Fsp3) is 0.211. The second-order valence-corrected chi connectivity index (χ2v) is 7.01. The second-order valence-electron chi connectivity index (χ2n) is 5.84. The number of hydrogen-bond acceptors (Lipinski definition) is 4. The standard InChI is InChI=1S/C19H18FN3O2S/c1-23-18(25)16(11-17(24)21-12-13-5-3-2-4-6-13)26-19(23)22-15-9-7-14(20)8-10-15/h2-10,16H,11-12H2,1H3,(H,21,24). The third-order valence-electron chi connectivity index (χ3n) is 3.90. The number of carbonyl (C=O) groups excluding carboxylic acids is 2. The van der Waals surface area contributed by atoms with Crippen LogP contribution in [-0.4, -0.2) is 34.2 Å². The summed E-state index contributed by atoms with van der Waals surface area (Å²) in [7, 11) is 1.62. The molecule has 1 unspecified atom stereocenters. The van der Waals surface area contributed by atoms with Crippen LogP contribution in [0.4, 0.5) is 10.1 Å². The lowest BCUT2D eigenvalue weighted by Gasteiger charge is -2.09. The number of nitrogens with one attached hydrogen (secondary N) is 1. The molecule has 2 aromatic carbocycles. The number of halogens is 1. The lowest BCUT2D eigenvalue weighted by molar-refractivity contribution is -0.128. The first-order valence-electron chi connectivity index (χ1n) is 8.12. The van der Waals surface area contributed by atoms with Crippen LogP contribution in [0.25, 0.3) is 0 Å². The monoisotopic (exact) mass is 371 g/mol. The lowest BCUT2D eigenvalue weighted by atomic mass is 10.2. The quantitative estimate of drug-likeness (QED) is 0.879. The first-order valence-corrected chi connectivity index (χ1v) is 9.00. The molecule has 1 aliphatic rings. The maximum atomic E-state index is 13.0. The third-order valence-corrected chi connectivity index (χ3v) is 5.12. The minimum absolute atomic E-state index is 0.0864. The minimum atomic E-state index is -0.505. The van der Waals surface area contributed by atoms with Gasteiger partial charge in [-0.2, -0.15) is 0 Å². The number of rotatable bonds is 5. The maximum absolute atomic E-state index is 13.0. The number of aliphatic imine (C=N–C) groups is 1. The van der Waals surface area contributed by atoms with Crippen molar-refractivity contribution in [3.05, 3.63) is 66.0 Å². The summed E-state index contributed by atoms with van der Waals surface area (Å²) in [6.07, 6.45) is 0.0864. The van der Waals surface area contributed by atoms with E-state index in [1.165, 1.54) is 28.8 Å². The van der Waals surface area contributed by atoms with E-state index < -0.39 is 5.25 Å². The van der Waals surface area contributed by atoms with E-state index in [1.807, 2.05) is 30.3 Å².